The molecule has 0 amide bonds. The molecule has 1 heterocycles. The molecule has 0 aliphatic rings. The Morgan fingerprint density at radius 1 is 1.57 bits per heavy atom. The van der Waals surface area contributed by atoms with Gasteiger partial charge in [0.1, 0.15) is 5.15 Å². The minimum atomic E-state index is -0.00352. The average Bonchev–Trinajstić information content (AvgIpc) is 2.08. The number of carbonyl (C=O) groups is 1. The fourth-order valence-electron chi connectivity index (χ4n) is 1.12. The summed E-state index contributed by atoms with van der Waals surface area (Å²) in [5.41, 5.74) is 1.44. The minimum Gasteiger partial charge on any atom is -0.302 e. The molecule has 0 saturated carbocycles. The first-order valence-electron chi connectivity index (χ1n) is 4.31. The van der Waals surface area contributed by atoms with Gasteiger partial charge in [0.25, 0.3) is 0 Å². The van der Waals surface area contributed by atoms with Gasteiger partial charge in [0.15, 0.2) is 5.78 Å². The summed E-state index contributed by atoms with van der Waals surface area (Å²) in [7, 11) is 3.68. The number of aromatic nitrogens is 1. The van der Waals surface area contributed by atoms with Gasteiger partial charge < -0.3 is 4.90 Å². The van der Waals surface area contributed by atoms with E-state index in [1.165, 1.54) is 0 Å². The molecule has 76 valence electrons. The van der Waals surface area contributed by atoms with Gasteiger partial charge >= 0.3 is 0 Å². The Morgan fingerprint density at radius 3 is 2.79 bits per heavy atom. The molecular weight excluding hydrogens is 200 g/mol. The van der Waals surface area contributed by atoms with E-state index in [1.54, 1.807) is 17.2 Å². The Labute approximate surface area is 88.7 Å². The molecule has 0 saturated heterocycles. The van der Waals surface area contributed by atoms with Crippen molar-refractivity contribution in [2.24, 2.45) is 0 Å². The highest BCUT2D eigenvalue weighted by Crippen LogP contribution is 2.14. The predicted molar refractivity (Wildman–Crippen MR) is 56.9 cm³/mol. The number of pyridine rings is 1. The largest absolute Gasteiger partial charge is 0.302 e. The highest BCUT2D eigenvalue weighted by Gasteiger charge is 2.12. The molecule has 0 spiro atoms. The van der Waals surface area contributed by atoms with Gasteiger partial charge in [-0.25, -0.2) is 4.98 Å². The highest BCUT2D eigenvalue weighted by atomic mass is 35.5. The molecule has 4 heteroatoms. The van der Waals surface area contributed by atoms with Crippen LogP contribution in [0.15, 0.2) is 12.3 Å². The van der Waals surface area contributed by atoms with Gasteiger partial charge in [0.05, 0.1) is 12.1 Å². The molecule has 0 atom stereocenters. The van der Waals surface area contributed by atoms with Crippen LogP contribution < -0.4 is 0 Å². The zero-order valence-corrected chi connectivity index (χ0v) is 9.30. The normalized spacial score (nSPS) is 10.6. The van der Waals surface area contributed by atoms with E-state index >= 15 is 0 Å². The van der Waals surface area contributed by atoms with Crippen LogP contribution in [0.25, 0.3) is 0 Å². The maximum Gasteiger partial charge on any atom is 0.179 e. The molecular formula is C10H13ClN2O. The van der Waals surface area contributed by atoms with Crippen LogP contribution in [0.2, 0.25) is 5.15 Å². The van der Waals surface area contributed by atoms with Crippen molar-refractivity contribution in [2.75, 3.05) is 20.6 Å². The zero-order chi connectivity index (χ0) is 10.7. The summed E-state index contributed by atoms with van der Waals surface area (Å²) in [5, 5.41) is 0.280. The van der Waals surface area contributed by atoms with Gasteiger partial charge in [-0.1, -0.05) is 11.6 Å². The summed E-state index contributed by atoms with van der Waals surface area (Å²) >= 11 is 5.82. The predicted octanol–water partition coefficient (Wildman–Crippen LogP) is 1.79. The quantitative estimate of drug-likeness (QED) is 0.566. The number of likely N-dealkylation sites (N-methyl/N-ethyl adjacent to an activating group) is 1. The molecule has 0 N–H and O–H groups in total. The standard InChI is InChI=1S/C10H13ClN2O/c1-7-4-8(10(11)12-5-7)9(14)6-13(2)3/h4-5H,6H2,1-3H3. The van der Waals surface area contributed by atoms with E-state index < -0.39 is 0 Å². The molecule has 0 radical (unpaired) electrons. The molecule has 1 rings (SSSR count). The number of hydrogen-bond acceptors (Lipinski definition) is 3. The molecule has 0 unspecified atom stereocenters. The SMILES string of the molecule is Cc1cnc(Cl)c(C(=O)CN(C)C)c1. The number of hydrogen-bond donors (Lipinski definition) is 0. The van der Waals surface area contributed by atoms with Crippen LogP contribution in [0, 0.1) is 6.92 Å². The molecule has 0 aliphatic carbocycles. The summed E-state index contributed by atoms with van der Waals surface area (Å²) < 4.78 is 0. The van der Waals surface area contributed by atoms with E-state index in [2.05, 4.69) is 4.98 Å². The molecule has 14 heavy (non-hydrogen) atoms. The van der Waals surface area contributed by atoms with E-state index in [4.69, 9.17) is 11.6 Å². The fraction of sp³-hybridized carbons (Fsp3) is 0.400. The Balaban J connectivity index is 2.94. The van der Waals surface area contributed by atoms with E-state index in [-0.39, 0.29) is 10.9 Å². The molecule has 0 aliphatic heterocycles. The lowest BCUT2D eigenvalue weighted by atomic mass is 10.1. The lowest BCUT2D eigenvalue weighted by molar-refractivity contribution is 0.0957. The highest BCUT2D eigenvalue weighted by molar-refractivity contribution is 6.32. The topological polar surface area (TPSA) is 33.2 Å². The molecule has 3 nitrogen and oxygen atoms in total. The smallest absolute Gasteiger partial charge is 0.179 e. The number of nitrogens with zero attached hydrogens (tertiary/aromatic N) is 2. The number of carbonyl (C=O) groups excluding carboxylic acids is 1. The Kier molecular flexibility index (Phi) is 3.61. The van der Waals surface area contributed by atoms with Gasteiger partial charge in [-0.15, -0.1) is 0 Å². The summed E-state index contributed by atoms with van der Waals surface area (Å²) in [6.45, 7) is 2.24. The first kappa shape index (κ1) is 11.1. The lowest BCUT2D eigenvalue weighted by Gasteiger charge is -2.09. The van der Waals surface area contributed by atoms with Crippen molar-refractivity contribution in [3.8, 4) is 0 Å². The van der Waals surface area contributed by atoms with Gasteiger partial charge in [-0.2, -0.15) is 0 Å². The summed E-state index contributed by atoms with van der Waals surface area (Å²) in [6.07, 6.45) is 1.65. The summed E-state index contributed by atoms with van der Waals surface area (Å²) in [6, 6.07) is 1.77. The van der Waals surface area contributed by atoms with Crippen molar-refractivity contribution in [1.82, 2.24) is 9.88 Å². The lowest BCUT2D eigenvalue weighted by Crippen LogP contribution is -2.22. The van der Waals surface area contributed by atoms with Crippen molar-refractivity contribution in [3.05, 3.63) is 28.5 Å². The van der Waals surface area contributed by atoms with Gasteiger partial charge in [0.2, 0.25) is 0 Å². The fourth-order valence-corrected chi connectivity index (χ4v) is 1.33. The van der Waals surface area contributed by atoms with E-state index in [1.807, 2.05) is 21.0 Å². The van der Waals surface area contributed by atoms with Crippen LogP contribution in [0.1, 0.15) is 15.9 Å². The summed E-state index contributed by atoms with van der Waals surface area (Å²) in [4.78, 5) is 17.4. The number of Topliss-reactive ketones (excluding diaryl/α,β-unsaturated/α-hetero) is 1. The third-order valence-electron chi connectivity index (χ3n) is 1.74. The van der Waals surface area contributed by atoms with Crippen LogP contribution in [0.5, 0.6) is 0 Å². The third-order valence-corrected chi connectivity index (χ3v) is 2.04. The third kappa shape index (κ3) is 2.79. The van der Waals surface area contributed by atoms with Gasteiger partial charge in [0, 0.05) is 6.20 Å². The zero-order valence-electron chi connectivity index (χ0n) is 8.54. The van der Waals surface area contributed by atoms with Crippen molar-refractivity contribution in [3.63, 3.8) is 0 Å². The molecule has 0 bridgehead atoms. The van der Waals surface area contributed by atoms with Crippen LogP contribution >= 0.6 is 11.6 Å². The van der Waals surface area contributed by atoms with Crippen molar-refractivity contribution >= 4 is 17.4 Å². The minimum absolute atomic E-state index is 0.00352. The van der Waals surface area contributed by atoms with Crippen molar-refractivity contribution in [1.29, 1.82) is 0 Å². The van der Waals surface area contributed by atoms with Crippen molar-refractivity contribution in [2.45, 2.75) is 6.92 Å². The maximum atomic E-state index is 11.7. The van der Waals surface area contributed by atoms with Gasteiger partial charge in [-0.05, 0) is 32.6 Å². The Hall–Kier alpha value is -0.930. The Bertz CT molecular complexity index is 350. The number of halogens is 1. The molecule has 1 aromatic rings. The summed E-state index contributed by atoms with van der Waals surface area (Å²) in [5.74, 6) is -0.00352. The van der Waals surface area contributed by atoms with Crippen molar-refractivity contribution < 1.29 is 4.79 Å². The van der Waals surface area contributed by atoms with Crippen LogP contribution in [0.4, 0.5) is 0 Å². The second-order valence-corrected chi connectivity index (χ2v) is 3.87. The van der Waals surface area contributed by atoms with Gasteiger partial charge in [-0.3, -0.25) is 4.79 Å². The van der Waals surface area contributed by atoms with E-state index in [9.17, 15) is 4.79 Å². The second kappa shape index (κ2) is 4.53. The van der Waals surface area contributed by atoms with Crippen LogP contribution in [0.3, 0.4) is 0 Å². The van der Waals surface area contributed by atoms with Crippen LogP contribution in [-0.4, -0.2) is 36.3 Å². The number of rotatable bonds is 3. The Morgan fingerprint density at radius 2 is 2.21 bits per heavy atom. The molecule has 0 fully saturated rings. The van der Waals surface area contributed by atoms with E-state index in [0.717, 1.165) is 5.56 Å². The monoisotopic (exact) mass is 212 g/mol. The molecule has 0 aromatic carbocycles. The average molecular weight is 213 g/mol. The van der Waals surface area contributed by atoms with Crippen LogP contribution in [-0.2, 0) is 0 Å². The molecule has 1 aromatic heterocycles. The first-order chi connectivity index (χ1) is 6.50. The van der Waals surface area contributed by atoms with E-state index in [0.29, 0.717) is 12.1 Å². The first-order valence-corrected chi connectivity index (χ1v) is 4.68. The maximum absolute atomic E-state index is 11.7. The number of ketones is 1. The number of aryl methyl sites for hydroxylation is 1. The second-order valence-electron chi connectivity index (χ2n) is 3.51.